The fourth-order valence-corrected chi connectivity index (χ4v) is 3.16. The highest BCUT2D eigenvalue weighted by Gasteiger charge is 2.33. The van der Waals surface area contributed by atoms with E-state index in [9.17, 15) is 4.79 Å². The molecule has 1 amide bonds. The number of amides is 1. The van der Waals surface area contributed by atoms with E-state index in [-0.39, 0.29) is 30.3 Å². The standard InChI is InChI=1S/C19H21ClN2O2.ClH/c20-15-6-8-16(9-7-15)24-11-10-19(23)22-12-17(18(21)13-22)14-4-2-1-3-5-14;/h1-9,17-18H,10-13,21H2;1H/t17-,18+;/m0./s1. The summed E-state index contributed by atoms with van der Waals surface area (Å²) in [6.45, 7) is 1.62. The lowest BCUT2D eigenvalue weighted by Gasteiger charge is -2.16. The molecule has 4 nitrogen and oxygen atoms in total. The number of hydrogen-bond acceptors (Lipinski definition) is 3. The molecule has 6 heteroatoms. The van der Waals surface area contributed by atoms with Crippen molar-refractivity contribution in [1.29, 1.82) is 0 Å². The zero-order valence-corrected chi connectivity index (χ0v) is 15.4. The van der Waals surface area contributed by atoms with Gasteiger partial charge >= 0.3 is 0 Å². The number of hydrogen-bond donors (Lipinski definition) is 1. The molecule has 2 atom stereocenters. The molecule has 0 saturated carbocycles. The number of halogens is 2. The Morgan fingerprint density at radius 1 is 1.12 bits per heavy atom. The number of likely N-dealkylation sites (tertiary alicyclic amines) is 1. The molecular formula is C19H22Cl2N2O2. The maximum Gasteiger partial charge on any atom is 0.226 e. The number of rotatable bonds is 5. The highest BCUT2D eigenvalue weighted by atomic mass is 35.5. The number of carbonyl (C=O) groups is 1. The van der Waals surface area contributed by atoms with Gasteiger partial charge in [0, 0.05) is 30.1 Å². The topological polar surface area (TPSA) is 55.6 Å². The van der Waals surface area contributed by atoms with Crippen molar-refractivity contribution in [1.82, 2.24) is 4.90 Å². The molecule has 1 heterocycles. The van der Waals surface area contributed by atoms with Gasteiger partial charge in [-0.2, -0.15) is 0 Å². The van der Waals surface area contributed by atoms with E-state index in [1.54, 1.807) is 24.3 Å². The first-order valence-electron chi connectivity index (χ1n) is 8.10. The Hall–Kier alpha value is -1.75. The summed E-state index contributed by atoms with van der Waals surface area (Å²) >= 11 is 5.83. The fraction of sp³-hybridized carbons (Fsp3) is 0.316. The molecule has 0 aromatic heterocycles. The van der Waals surface area contributed by atoms with E-state index in [2.05, 4.69) is 12.1 Å². The SMILES string of the molecule is Cl.N[C@@H]1CN(C(=O)CCOc2ccc(Cl)cc2)C[C@H]1c1ccccc1. The first-order valence-corrected chi connectivity index (χ1v) is 8.48. The van der Waals surface area contributed by atoms with Crippen LogP contribution >= 0.6 is 24.0 Å². The molecule has 1 aliphatic rings. The van der Waals surface area contributed by atoms with Crippen molar-refractivity contribution in [3.05, 3.63) is 65.2 Å². The summed E-state index contributed by atoms with van der Waals surface area (Å²) in [6, 6.07) is 17.2. The summed E-state index contributed by atoms with van der Waals surface area (Å²) < 4.78 is 5.59. The second-order valence-corrected chi connectivity index (χ2v) is 6.47. The van der Waals surface area contributed by atoms with Gasteiger partial charge < -0.3 is 15.4 Å². The van der Waals surface area contributed by atoms with Gasteiger partial charge in [0.2, 0.25) is 5.91 Å². The molecule has 0 aliphatic carbocycles. The molecule has 1 fully saturated rings. The van der Waals surface area contributed by atoms with E-state index >= 15 is 0 Å². The average molecular weight is 381 g/mol. The van der Waals surface area contributed by atoms with Crippen LogP contribution in [0, 0.1) is 0 Å². The highest BCUT2D eigenvalue weighted by Crippen LogP contribution is 2.26. The average Bonchev–Trinajstić information content (AvgIpc) is 2.99. The highest BCUT2D eigenvalue weighted by molar-refractivity contribution is 6.30. The van der Waals surface area contributed by atoms with Crippen LogP contribution in [0.1, 0.15) is 17.9 Å². The third kappa shape index (κ3) is 5.11. The molecule has 2 aromatic carbocycles. The van der Waals surface area contributed by atoms with Crippen LogP contribution in [-0.2, 0) is 4.79 Å². The van der Waals surface area contributed by atoms with Gasteiger partial charge in [-0.25, -0.2) is 0 Å². The Kier molecular flexibility index (Phi) is 7.12. The van der Waals surface area contributed by atoms with Crippen LogP contribution in [0.15, 0.2) is 54.6 Å². The number of nitrogens with zero attached hydrogens (tertiary/aromatic N) is 1. The smallest absolute Gasteiger partial charge is 0.226 e. The Morgan fingerprint density at radius 2 is 1.80 bits per heavy atom. The summed E-state index contributed by atoms with van der Waals surface area (Å²) in [7, 11) is 0. The lowest BCUT2D eigenvalue weighted by Crippen LogP contribution is -2.32. The molecule has 0 radical (unpaired) electrons. The van der Waals surface area contributed by atoms with Crippen molar-refractivity contribution in [2.75, 3.05) is 19.7 Å². The summed E-state index contributed by atoms with van der Waals surface area (Å²) in [5.74, 6) is 0.998. The number of nitrogens with two attached hydrogens (primary N) is 1. The number of carbonyl (C=O) groups excluding carboxylic acids is 1. The van der Waals surface area contributed by atoms with E-state index in [4.69, 9.17) is 22.1 Å². The van der Waals surface area contributed by atoms with Crippen LogP contribution in [0.25, 0.3) is 0 Å². The Morgan fingerprint density at radius 3 is 2.48 bits per heavy atom. The molecule has 2 N–H and O–H groups in total. The van der Waals surface area contributed by atoms with Gasteiger partial charge in [-0.15, -0.1) is 12.4 Å². The van der Waals surface area contributed by atoms with Crippen LogP contribution in [0.4, 0.5) is 0 Å². The second kappa shape index (κ2) is 9.09. The molecule has 3 rings (SSSR count). The van der Waals surface area contributed by atoms with Gasteiger partial charge in [0.05, 0.1) is 13.0 Å². The molecular weight excluding hydrogens is 359 g/mol. The van der Waals surface area contributed by atoms with E-state index in [1.165, 1.54) is 5.56 Å². The minimum Gasteiger partial charge on any atom is -0.493 e. The predicted octanol–water partition coefficient (Wildman–Crippen LogP) is 3.48. The summed E-state index contributed by atoms with van der Waals surface area (Å²) in [5, 5.41) is 0.663. The Balaban J connectivity index is 0.00000225. The van der Waals surface area contributed by atoms with E-state index < -0.39 is 0 Å². The van der Waals surface area contributed by atoms with E-state index in [1.807, 2.05) is 23.1 Å². The quantitative estimate of drug-likeness (QED) is 0.863. The van der Waals surface area contributed by atoms with Crippen molar-refractivity contribution in [2.24, 2.45) is 5.73 Å². The first-order chi connectivity index (χ1) is 11.6. The van der Waals surface area contributed by atoms with Crippen molar-refractivity contribution < 1.29 is 9.53 Å². The van der Waals surface area contributed by atoms with Crippen molar-refractivity contribution in [2.45, 2.75) is 18.4 Å². The first kappa shape index (κ1) is 19.6. The van der Waals surface area contributed by atoms with Crippen LogP contribution in [-0.4, -0.2) is 36.5 Å². The Labute approximate surface area is 159 Å². The minimum absolute atomic E-state index is 0. The van der Waals surface area contributed by atoms with Crippen LogP contribution in [0.5, 0.6) is 5.75 Å². The van der Waals surface area contributed by atoms with Gasteiger partial charge in [-0.3, -0.25) is 4.79 Å². The monoisotopic (exact) mass is 380 g/mol. The molecule has 1 saturated heterocycles. The zero-order chi connectivity index (χ0) is 16.9. The van der Waals surface area contributed by atoms with Gasteiger partial charge in [0.15, 0.2) is 0 Å². The largest absolute Gasteiger partial charge is 0.493 e. The molecule has 25 heavy (non-hydrogen) atoms. The van der Waals surface area contributed by atoms with Gasteiger partial charge in [-0.05, 0) is 29.8 Å². The molecule has 0 bridgehead atoms. The van der Waals surface area contributed by atoms with Crippen LogP contribution < -0.4 is 10.5 Å². The maximum atomic E-state index is 12.4. The summed E-state index contributed by atoms with van der Waals surface area (Å²) in [6.07, 6.45) is 0.344. The molecule has 1 aliphatic heterocycles. The van der Waals surface area contributed by atoms with Crippen molar-refractivity contribution >= 4 is 29.9 Å². The third-order valence-corrected chi connectivity index (χ3v) is 4.60. The Bertz CT molecular complexity index is 680. The molecule has 134 valence electrons. The number of ether oxygens (including phenoxy) is 1. The lowest BCUT2D eigenvalue weighted by molar-refractivity contribution is -0.130. The minimum atomic E-state index is -0.0199. The summed E-state index contributed by atoms with van der Waals surface area (Å²) in [4.78, 5) is 14.2. The van der Waals surface area contributed by atoms with Crippen LogP contribution in [0.2, 0.25) is 5.02 Å². The van der Waals surface area contributed by atoms with Gasteiger partial charge in [0.25, 0.3) is 0 Å². The van der Waals surface area contributed by atoms with Gasteiger partial charge in [-0.1, -0.05) is 41.9 Å². The summed E-state index contributed by atoms with van der Waals surface area (Å²) in [5.41, 5.74) is 7.43. The number of benzene rings is 2. The molecule has 2 aromatic rings. The van der Waals surface area contributed by atoms with E-state index in [0.717, 1.165) is 0 Å². The maximum absolute atomic E-state index is 12.4. The predicted molar refractivity (Wildman–Crippen MR) is 103 cm³/mol. The van der Waals surface area contributed by atoms with Crippen molar-refractivity contribution in [3.8, 4) is 5.75 Å². The van der Waals surface area contributed by atoms with Crippen molar-refractivity contribution in [3.63, 3.8) is 0 Å². The third-order valence-electron chi connectivity index (χ3n) is 4.34. The van der Waals surface area contributed by atoms with Gasteiger partial charge in [0.1, 0.15) is 5.75 Å². The lowest BCUT2D eigenvalue weighted by atomic mass is 9.95. The molecule has 0 unspecified atom stereocenters. The normalized spacial score (nSPS) is 19.4. The second-order valence-electron chi connectivity index (χ2n) is 6.03. The molecule has 0 spiro atoms. The van der Waals surface area contributed by atoms with E-state index in [0.29, 0.717) is 36.9 Å². The zero-order valence-electron chi connectivity index (χ0n) is 13.8. The fourth-order valence-electron chi connectivity index (χ4n) is 3.03. The van der Waals surface area contributed by atoms with Crippen LogP contribution in [0.3, 0.4) is 0 Å².